The van der Waals surface area contributed by atoms with E-state index in [2.05, 4.69) is 41.2 Å². The van der Waals surface area contributed by atoms with Gasteiger partial charge < -0.3 is 5.32 Å². The maximum Gasteiger partial charge on any atom is 0.252 e. The molecule has 2 rings (SSSR count). The molecule has 0 atom stereocenters. The fourth-order valence-corrected chi connectivity index (χ4v) is 3.82. The van der Waals surface area contributed by atoms with E-state index in [9.17, 15) is 13.2 Å². The second kappa shape index (κ2) is 9.30. The standard InChI is InChI=1S/C18H21ClN2O3S2/c1-13-3-5-14(6-4-13)12-25-10-9-20-18(22)16-8-7-15(11-17(16)19)21-26(2,23)24/h3-8,11,21H,9-10,12H2,1-2H3,(H,20,22). The molecular formula is C18H21ClN2O3S2. The molecule has 0 aliphatic rings. The molecule has 0 aliphatic carbocycles. The van der Waals surface area contributed by atoms with E-state index >= 15 is 0 Å². The van der Waals surface area contributed by atoms with Crippen molar-refractivity contribution in [2.75, 3.05) is 23.3 Å². The number of sulfonamides is 1. The lowest BCUT2D eigenvalue weighted by Gasteiger charge is -2.09. The van der Waals surface area contributed by atoms with Gasteiger partial charge in [-0.05, 0) is 30.7 Å². The Balaban J connectivity index is 1.79. The van der Waals surface area contributed by atoms with Crippen molar-refractivity contribution in [3.05, 3.63) is 64.2 Å². The van der Waals surface area contributed by atoms with Crippen molar-refractivity contribution in [1.82, 2.24) is 5.32 Å². The summed E-state index contributed by atoms with van der Waals surface area (Å²) in [6.07, 6.45) is 1.05. The number of benzene rings is 2. The van der Waals surface area contributed by atoms with Gasteiger partial charge in [0.05, 0.1) is 16.8 Å². The molecule has 0 aromatic heterocycles. The Morgan fingerprint density at radius 3 is 2.46 bits per heavy atom. The smallest absolute Gasteiger partial charge is 0.252 e. The van der Waals surface area contributed by atoms with Crippen LogP contribution in [0.3, 0.4) is 0 Å². The van der Waals surface area contributed by atoms with E-state index in [1.165, 1.54) is 29.3 Å². The van der Waals surface area contributed by atoms with Gasteiger partial charge in [-0.1, -0.05) is 41.4 Å². The van der Waals surface area contributed by atoms with Gasteiger partial charge in [0.1, 0.15) is 0 Å². The van der Waals surface area contributed by atoms with Crippen LogP contribution in [0.5, 0.6) is 0 Å². The zero-order valence-corrected chi connectivity index (χ0v) is 17.0. The molecule has 26 heavy (non-hydrogen) atoms. The topological polar surface area (TPSA) is 75.3 Å². The molecule has 8 heteroatoms. The minimum absolute atomic E-state index is 0.198. The molecule has 140 valence electrons. The summed E-state index contributed by atoms with van der Waals surface area (Å²) < 4.78 is 24.8. The maximum absolute atomic E-state index is 12.2. The van der Waals surface area contributed by atoms with E-state index in [0.29, 0.717) is 17.8 Å². The molecule has 0 spiro atoms. The monoisotopic (exact) mass is 412 g/mol. The van der Waals surface area contributed by atoms with Crippen LogP contribution in [-0.4, -0.2) is 32.9 Å². The molecule has 0 saturated carbocycles. The molecule has 0 bridgehead atoms. The zero-order chi connectivity index (χ0) is 19.2. The average molecular weight is 413 g/mol. The molecular weight excluding hydrogens is 392 g/mol. The Bertz CT molecular complexity index is 869. The lowest BCUT2D eigenvalue weighted by atomic mass is 10.2. The molecule has 0 aliphatic heterocycles. The van der Waals surface area contributed by atoms with Crippen LogP contribution in [0.2, 0.25) is 5.02 Å². The van der Waals surface area contributed by atoms with E-state index in [0.717, 1.165) is 17.8 Å². The number of carbonyl (C=O) groups excluding carboxylic acids is 1. The zero-order valence-electron chi connectivity index (χ0n) is 14.6. The predicted molar refractivity (Wildman–Crippen MR) is 110 cm³/mol. The third-order valence-corrected chi connectivity index (χ3v) is 5.39. The summed E-state index contributed by atoms with van der Waals surface area (Å²) in [4.78, 5) is 12.2. The number of anilines is 1. The Morgan fingerprint density at radius 1 is 1.15 bits per heavy atom. The number of aryl methyl sites for hydroxylation is 1. The average Bonchev–Trinajstić information content (AvgIpc) is 2.54. The Kier molecular flexibility index (Phi) is 7.37. The molecule has 0 unspecified atom stereocenters. The Morgan fingerprint density at radius 2 is 1.85 bits per heavy atom. The van der Waals surface area contributed by atoms with Crippen molar-refractivity contribution >= 4 is 45.0 Å². The first kappa shape index (κ1) is 20.6. The first-order valence-corrected chi connectivity index (χ1v) is 11.4. The van der Waals surface area contributed by atoms with Gasteiger partial charge in [-0.3, -0.25) is 9.52 Å². The largest absolute Gasteiger partial charge is 0.351 e. The minimum Gasteiger partial charge on any atom is -0.351 e. The maximum atomic E-state index is 12.2. The number of rotatable bonds is 8. The molecule has 5 nitrogen and oxygen atoms in total. The number of carbonyl (C=O) groups is 1. The first-order valence-electron chi connectivity index (χ1n) is 7.93. The highest BCUT2D eigenvalue weighted by atomic mass is 35.5. The Hall–Kier alpha value is -1.70. The molecule has 0 fully saturated rings. The van der Waals surface area contributed by atoms with Crippen LogP contribution in [0.15, 0.2) is 42.5 Å². The van der Waals surface area contributed by atoms with E-state index < -0.39 is 10.0 Å². The second-order valence-corrected chi connectivity index (χ2v) is 9.12. The number of nitrogens with one attached hydrogen (secondary N) is 2. The summed E-state index contributed by atoms with van der Waals surface area (Å²) in [7, 11) is -3.38. The molecule has 0 saturated heterocycles. The highest BCUT2D eigenvalue weighted by molar-refractivity contribution is 7.98. The lowest BCUT2D eigenvalue weighted by Crippen LogP contribution is -2.26. The third-order valence-electron chi connectivity index (χ3n) is 3.44. The van der Waals surface area contributed by atoms with Crippen molar-refractivity contribution in [1.29, 1.82) is 0 Å². The molecule has 0 radical (unpaired) electrons. The third kappa shape index (κ3) is 6.90. The van der Waals surface area contributed by atoms with Crippen molar-refractivity contribution < 1.29 is 13.2 Å². The van der Waals surface area contributed by atoms with Gasteiger partial charge in [-0.25, -0.2) is 8.42 Å². The predicted octanol–water partition coefficient (Wildman–Crippen LogP) is 3.68. The SMILES string of the molecule is Cc1ccc(CSCCNC(=O)c2ccc(NS(C)(=O)=O)cc2Cl)cc1. The second-order valence-electron chi connectivity index (χ2n) is 5.86. The Labute approximate surface area is 163 Å². The van der Waals surface area contributed by atoms with Crippen LogP contribution in [0.1, 0.15) is 21.5 Å². The van der Waals surface area contributed by atoms with Gasteiger partial charge >= 0.3 is 0 Å². The highest BCUT2D eigenvalue weighted by Crippen LogP contribution is 2.21. The summed E-state index contributed by atoms with van der Waals surface area (Å²) in [6, 6.07) is 12.8. The summed E-state index contributed by atoms with van der Waals surface area (Å²) in [5, 5.41) is 3.02. The summed E-state index contributed by atoms with van der Waals surface area (Å²) in [5.41, 5.74) is 3.13. The fraction of sp³-hybridized carbons (Fsp3) is 0.278. The van der Waals surface area contributed by atoms with Crippen LogP contribution in [0.25, 0.3) is 0 Å². The molecule has 2 aromatic carbocycles. The van der Waals surface area contributed by atoms with E-state index in [1.807, 2.05) is 0 Å². The van der Waals surface area contributed by atoms with Crippen molar-refractivity contribution in [3.63, 3.8) is 0 Å². The van der Waals surface area contributed by atoms with Gasteiger partial charge in [0.15, 0.2) is 0 Å². The van der Waals surface area contributed by atoms with Crippen LogP contribution < -0.4 is 10.0 Å². The van der Waals surface area contributed by atoms with Gasteiger partial charge in [-0.15, -0.1) is 0 Å². The molecule has 0 heterocycles. The number of thioether (sulfide) groups is 1. The van der Waals surface area contributed by atoms with Crippen molar-refractivity contribution in [2.24, 2.45) is 0 Å². The van der Waals surface area contributed by atoms with Crippen molar-refractivity contribution in [2.45, 2.75) is 12.7 Å². The molecule has 1 amide bonds. The van der Waals surface area contributed by atoms with Crippen LogP contribution >= 0.6 is 23.4 Å². The van der Waals surface area contributed by atoms with Crippen LogP contribution in [0.4, 0.5) is 5.69 Å². The number of amides is 1. The normalized spacial score (nSPS) is 11.2. The van der Waals surface area contributed by atoms with Gasteiger partial charge in [0, 0.05) is 23.7 Å². The lowest BCUT2D eigenvalue weighted by molar-refractivity contribution is 0.0956. The molecule has 2 N–H and O–H groups in total. The first-order chi connectivity index (χ1) is 12.2. The summed E-state index contributed by atoms with van der Waals surface area (Å²) in [6.45, 7) is 2.58. The van der Waals surface area contributed by atoms with Gasteiger partial charge in [0.2, 0.25) is 10.0 Å². The van der Waals surface area contributed by atoms with Gasteiger partial charge in [0.25, 0.3) is 5.91 Å². The van der Waals surface area contributed by atoms with Crippen LogP contribution in [0, 0.1) is 6.92 Å². The fourth-order valence-electron chi connectivity index (χ4n) is 2.18. The minimum atomic E-state index is -3.38. The van der Waals surface area contributed by atoms with Gasteiger partial charge in [-0.2, -0.15) is 11.8 Å². The van der Waals surface area contributed by atoms with Crippen LogP contribution in [-0.2, 0) is 15.8 Å². The summed E-state index contributed by atoms with van der Waals surface area (Å²) >= 11 is 7.82. The molecule has 2 aromatic rings. The number of hydrogen-bond donors (Lipinski definition) is 2. The number of hydrogen-bond acceptors (Lipinski definition) is 4. The number of halogens is 1. The van der Waals surface area contributed by atoms with E-state index in [1.54, 1.807) is 11.8 Å². The van der Waals surface area contributed by atoms with E-state index in [4.69, 9.17) is 11.6 Å². The summed E-state index contributed by atoms with van der Waals surface area (Å²) in [5.74, 6) is 1.39. The quantitative estimate of drug-likeness (QED) is 0.648. The highest BCUT2D eigenvalue weighted by Gasteiger charge is 2.11. The van der Waals surface area contributed by atoms with E-state index in [-0.39, 0.29) is 10.9 Å². The van der Waals surface area contributed by atoms with Crippen molar-refractivity contribution in [3.8, 4) is 0 Å².